The molecule has 21 heteroatoms. The van der Waals surface area contributed by atoms with Crippen LogP contribution in [0.1, 0.15) is 63.2 Å². The number of carbonyl (C=O) groups is 1. The number of H-pyrrole nitrogens is 1. The predicted molar refractivity (Wildman–Crippen MR) is 248 cm³/mol. The van der Waals surface area contributed by atoms with E-state index in [0.717, 1.165) is 109 Å². The van der Waals surface area contributed by atoms with Crippen LogP contribution in [0.15, 0.2) is 58.8 Å². The highest BCUT2D eigenvalue weighted by Gasteiger charge is 2.29. The first kappa shape index (κ1) is 42.1. The van der Waals surface area contributed by atoms with Crippen molar-refractivity contribution in [2.75, 3.05) is 77.3 Å². The summed E-state index contributed by atoms with van der Waals surface area (Å²) in [7, 11) is 0. The summed E-state index contributed by atoms with van der Waals surface area (Å²) in [5.41, 5.74) is 5.61. The van der Waals surface area contributed by atoms with E-state index in [1.807, 2.05) is 13.8 Å². The molecular formula is C45H45N17O3S. The summed E-state index contributed by atoms with van der Waals surface area (Å²) in [5, 5.41) is 42.1. The minimum atomic E-state index is -0.325. The molecule has 2 aliphatic carbocycles. The van der Waals surface area contributed by atoms with Gasteiger partial charge in [-0.15, -0.1) is 0 Å². The number of fused-ring (bicyclic) bond motifs is 2. The van der Waals surface area contributed by atoms with E-state index in [9.17, 15) is 25.2 Å². The molecule has 2 saturated carbocycles. The number of aromatic amines is 1. The summed E-state index contributed by atoms with van der Waals surface area (Å²) >= 11 is 0.933. The van der Waals surface area contributed by atoms with Crippen molar-refractivity contribution in [1.29, 1.82) is 10.5 Å². The molecule has 0 atom stereocenters. The Labute approximate surface area is 381 Å². The van der Waals surface area contributed by atoms with Crippen LogP contribution in [0.3, 0.4) is 0 Å². The zero-order valence-electron chi connectivity index (χ0n) is 36.3. The number of hydrogen-bond acceptors (Lipinski definition) is 18. The second-order valence-electron chi connectivity index (χ2n) is 16.7. The Balaban J connectivity index is 0.000000158. The van der Waals surface area contributed by atoms with E-state index < -0.39 is 0 Å². The van der Waals surface area contributed by atoms with E-state index in [1.54, 1.807) is 64.2 Å². The second-order valence-corrected chi connectivity index (χ2v) is 17.7. The lowest BCUT2D eigenvalue weighted by atomic mass is 10.2. The lowest BCUT2D eigenvalue weighted by molar-refractivity contribution is 0.112. The monoisotopic (exact) mass is 903 g/mol. The van der Waals surface area contributed by atoms with Crippen LogP contribution in [0.5, 0.6) is 5.88 Å². The van der Waals surface area contributed by atoms with Gasteiger partial charge < -0.3 is 30.0 Å². The summed E-state index contributed by atoms with van der Waals surface area (Å²) in [6.45, 7) is 9.88. The van der Waals surface area contributed by atoms with Crippen LogP contribution in [-0.2, 0) is 0 Å². The van der Waals surface area contributed by atoms with Crippen molar-refractivity contribution in [2.45, 2.75) is 51.6 Å². The Morgan fingerprint density at radius 2 is 1.35 bits per heavy atom. The van der Waals surface area contributed by atoms with Gasteiger partial charge in [-0.3, -0.25) is 19.6 Å². The molecule has 0 spiro atoms. The number of aldehydes is 1. The smallest absolute Gasteiger partial charge is 0.307 e. The molecule has 0 radical (unpaired) electrons. The Morgan fingerprint density at radius 1 is 0.788 bits per heavy atom. The third-order valence-corrected chi connectivity index (χ3v) is 13.0. The third-order valence-electron chi connectivity index (χ3n) is 12.2. The molecule has 4 fully saturated rings. The van der Waals surface area contributed by atoms with E-state index in [4.69, 9.17) is 15.0 Å². The lowest BCUT2D eigenvalue weighted by Gasteiger charge is -2.37. The summed E-state index contributed by atoms with van der Waals surface area (Å²) in [5.74, 6) is 3.89. The van der Waals surface area contributed by atoms with Gasteiger partial charge in [0.1, 0.15) is 41.2 Å². The number of nitrogens with one attached hydrogen (secondary N) is 2. The highest BCUT2D eigenvalue weighted by Crippen LogP contribution is 2.33. The minimum absolute atomic E-state index is 0.165. The number of rotatable bonds is 9. The van der Waals surface area contributed by atoms with Gasteiger partial charge in [-0.25, -0.2) is 19.9 Å². The quantitative estimate of drug-likeness (QED) is 0.177. The largest absolute Gasteiger partial charge is 0.493 e. The molecule has 2 saturated heterocycles. The number of pyridine rings is 2. The van der Waals surface area contributed by atoms with E-state index in [1.165, 1.54) is 0 Å². The molecular weight excluding hydrogens is 859 g/mol. The van der Waals surface area contributed by atoms with Crippen LogP contribution in [0.25, 0.3) is 17.4 Å². The molecule has 66 heavy (non-hydrogen) atoms. The van der Waals surface area contributed by atoms with Crippen LogP contribution in [0.2, 0.25) is 0 Å². The Morgan fingerprint density at radius 3 is 1.88 bits per heavy atom. The number of piperazine rings is 2. The predicted octanol–water partition coefficient (Wildman–Crippen LogP) is 2.72. The van der Waals surface area contributed by atoms with Gasteiger partial charge in [-0.2, -0.15) is 29.8 Å². The topological polar surface area (TPSA) is 241 Å². The summed E-state index contributed by atoms with van der Waals surface area (Å²) < 4.78 is 3.49. The van der Waals surface area contributed by atoms with Gasteiger partial charge >= 0.3 is 4.87 Å². The molecule has 334 valence electrons. The maximum atomic E-state index is 11.7. The Kier molecular flexibility index (Phi) is 11.2. The first-order valence-electron chi connectivity index (χ1n) is 21.9. The van der Waals surface area contributed by atoms with Crippen LogP contribution in [0.4, 0.5) is 29.1 Å². The Bertz CT molecular complexity index is 3270. The van der Waals surface area contributed by atoms with Gasteiger partial charge in [0.2, 0.25) is 5.88 Å². The molecule has 4 aliphatic rings. The van der Waals surface area contributed by atoms with E-state index in [-0.39, 0.29) is 10.8 Å². The zero-order chi connectivity index (χ0) is 45.5. The molecule has 2 aliphatic heterocycles. The van der Waals surface area contributed by atoms with Crippen molar-refractivity contribution in [1.82, 2.24) is 44.1 Å². The first-order valence-corrected chi connectivity index (χ1v) is 22.7. The van der Waals surface area contributed by atoms with Crippen LogP contribution in [-0.4, -0.2) is 120 Å². The highest BCUT2D eigenvalue weighted by molar-refractivity contribution is 7.10. The molecule has 3 N–H and O–H groups in total. The van der Waals surface area contributed by atoms with E-state index in [0.29, 0.717) is 82.2 Å². The molecule has 7 aromatic heterocycles. The number of nitriles is 2. The van der Waals surface area contributed by atoms with Crippen molar-refractivity contribution >= 4 is 64.1 Å². The number of aromatic hydroxyl groups is 1. The van der Waals surface area contributed by atoms with Gasteiger partial charge in [-0.05, 0) is 69.9 Å². The maximum Gasteiger partial charge on any atom is 0.307 e. The number of anilines is 5. The number of thiazole rings is 1. The fourth-order valence-electron chi connectivity index (χ4n) is 8.37. The molecule has 0 bridgehead atoms. The zero-order valence-corrected chi connectivity index (χ0v) is 37.1. The second kappa shape index (κ2) is 17.6. The van der Waals surface area contributed by atoms with Crippen molar-refractivity contribution in [2.24, 2.45) is 4.99 Å². The molecule has 0 unspecified atom stereocenters. The van der Waals surface area contributed by atoms with E-state index in [2.05, 4.69) is 62.2 Å². The number of carbonyl (C=O) groups excluding carboxylic acids is 1. The number of aromatic nitrogens is 9. The van der Waals surface area contributed by atoms with Crippen molar-refractivity contribution in [3.63, 3.8) is 0 Å². The first-order chi connectivity index (χ1) is 32.2. The highest BCUT2D eigenvalue weighted by atomic mass is 32.1. The summed E-state index contributed by atoms with van der Waals surface area (Å²) in [6, 6.07) is 12.3. The Hall–Kier alpha value is -7.91. The van der Waals surface area contributed by atoms with E-state index >= 15 is 0 Å². The average molecular weight is 904 g/mol. The molecule has 7 aromatic rings. The molecule has 0 amide bonds. The molecule has 0 aromatic carbocycles. The maximum absolute atomic E-state index is 11.7. The standard InChI is InChI=1S/C24H23N9O2S.C21H22N8O/c1-14-19(31-7-9-32(10-8-31)21-15(12-25)3-2-6-26-21)29-22-16(11-18-23(34)30-24(35)36-18)13-27-33(22)20(14)28-17-4-5-17;1-14-18(26-21-16(13-30)12-24-29(21)19(14)25-17-4-5-17)27-7-9-28(10-8-27)20-15(11-22)3-2-6-23-20/h2-3,6,11,13,17,34H,4-5,7-10H2,1H3,(H,30,35);2-3,6,12-13,17,25H,4-5,7-10H2,1H3. The third kappa shape index (κ3) is 8.20. The van der Waals surface area contributed by atoms with Crippen molar-refractivity contribution in [3.05, 3.63) is 102 Å². The molecule has 11 rings (SSSR count). The van der Waals surface area contributed by atoms with Gasteiger partial charge in [0, 0.05) is 87.1 Å². The minimum Gasteiger partial charge on any atom is -0.493 e. The SMILES string of the molecule is Cc1c(N2CCN(c3ncccc3C#N)CC2)nc2c(=Cc3sc(=O)[nH]c3O)cnn2c1=NC1CC1.Cc1c(N2CCN(c3ncccc3C#N)CC2)nc2c(C=O)cnn2c1NC1CC1. The lowest BCUT2D eigenvalue weighted by Crippen LogP contribution is -2.48. The fourth-order valence-corrected chi connectivity index (χ4v) is 9.05. The average Bonchev–Trinajstić information content (AvgIpc) is 4.25. The van der Waals surface area contributed by atoms with Gasteiger partial charge in [-0.1, -0.05) is 11.3 Å². The van der Waals surface area contributed by atoms with Crippen molar-refractivity contribution < 1.29 is 9.90 Å². The van der Waals surface area contributed by atoms with Crippen LogP contribution < -0.4 is 40.5 Å². The summed E-state index contributed by atoms with van der Waals surface area (Å²) in [4.78, 5) is 58.0. The van der Waals surface area contributed by atoms with Crippen LogP contribution >= 0.6 is 11.3 Å². The number of nitrogens with zero attached hydrogens (tertiary/aromatic N) is 15. The molecule has 20 nitrogen and oxygen atoms in total. The van der Waals surface area contributed by atoms with Gasteiger partial charge in [0.15, 0.2) is 23.1 Å². The molecule has 9 heterocycles. The van der Waals surface area contributed by atoms with Gasteiger partial charge in [0.25, 0.3) is 0 Å². The van der Waals surface area contributed by atoms with Crippen molar-refractivity contribution in [3.8, 4) is 18.0 Å². The van der Waals surface area contributed by atoms with Gasteiger partial charge in [0.05, 0.1) is 40.0 Å². The fraction of sp³-hybridized carbons (Fsp3) is 0.356. The summed E-state index contributed by atoms with van der Waals surface area (Å²) in [6.07, 6.45) is 13.6. The number of hydrogen-bond donors (Lipinski definition) is 3. The normalized spacial score (nSPS) is 16.9. The van der Waals surface area contributed by atoms with Crippen LogP contribution in [0, 0.1) is 36.5 Å².